The van der Waals surface area contributed by atoms with Crippen LogP contribution in [-0.4, -0.2) is 11.7 Å². The number of para-hydroxylation sites is 1. The number of halogens is 2. The minimum atomic E-state index is -0.388. The van der Waals surface area contributed by atoms with Crippen LogP contribution in [0.2, 0.25) is 10.0 Å². The molecule has 0 aromatic heterocycles. The summed E-state index contributed by atoms with van der Waals surface area (Å²) in [6, 6.07) is 13.6. The van der Waals surface area contributed by atoms with Crippen LogP contribution < -0.4 is 4.90 Å². The molecule has 0 saturated heterocycles. The molecule has 4 heteroatoms. The summed E-state index contributed by atoms with van der Waals surface area (Å²) in [6.45, 7) is 1.60. The molecular weight excluding hydrogens is 305 g/mol. The highest BCUT2D eigenvalue weighted by Gasteiger charge is 2.21. The molecule has 2 nitrogen and oxygen atoms in total. The number of nitrogens with zero attached hydrogens (tertiary/aromatic N) is 1. The predicted octanol–water partition coefficient (Wildman–Crippen LogP) is 4.83. The summed E-state index contributed by atoms with van der Waals surface area (Å²) in [4.78, 5) is 2.27. The number of hydrogen-bond acceptors (Lipinski definition) is 2. The van der Waals surface area contributed by atoms with Gasteiger partial charge in [-0.25, -0.2) is 0 Å². The Hall–Kier alpha value is -1.22. The quantitative estimate of drug-likeness (QED) is 0.856. The molecule has 0 aliphatic carbocycles. The van der Waals surface area contributed by atoms with Gasteiger partial charge in [0.25, 0.3) is 0 Å². The minimum Gasteiger partial charge on any atom is -0.388 e. The predicted molar refractivity (Wildman–Crippen MR) is 88.1 cm³/mol. The van der Waals surface area contributed by atoms with Crippen molar-refractivity contribution >= 4 is 28.9 Å². The van der Waals surface area contributed by atoms with Gasteiger partial charge in [0.15, 0.2) is 0 Å². The molecule has 0 spiro atoms. The van der Waals surface area contributed by atoms with E-state index in [2.05, 4.69) is 11.0 Å². The lowest BCUT2D eigenvalue weighted by Gasteiger charge is -2.26. The highest BCUT2D eigenvalue weighted by molar-refractivity contribution is 6.33. The molecule has 1 atom stereocenters. The SMILES string of the molecule is OC1CCCN(Cc2cc(Cl)ccc2Cl)c2ccccc21. The van der Waals surface area contributed by atoms with Gasteiger partial charge >= 0.3 is 0 Å². The van der Waals surface area contributed by atoms with Crippen LogP contribution in [0.5, 0.6) is 0 Å². The summed E-state index contributed by atoms with van der Waals surface area (Å²) in [5, 5.41) is 11.7. The van der Waals surface area contributed by atoms with Gasteiger partial charge in [-0.15, -0.1) is 0 Å². The number of benzene rings is 2. The van der Waals surface area contributed by atoms with Gasteiger partial charge in [-0.3, -0.25) is 0 Å². The Morgan fingerprint density at radius 3 is 2.81 bits per heavy atom. The fourth-order valence-electron chi connectivity index (χ4n) is 2.84. The standard InChI is InChI=1S/C17H17Cl2NO/c18-13-7-8-15(19)12(10-13)11-20-9-3-6-17(21)14-4-1-2-5-16(14)20/h1-2,4-5,7-8,10,17,21H,3,6,9,11H2. The molecule has 2 aromatic rings. The van der Waals surface area contributed by atoms with Crippen LogP contribution >= 0.6 is 23.2 Å². The molecule has 0 amide bonds. The van der Waals surface area contributed by atoms with Crippen LogP contribution in [0, 0.1) is 0 Å². The summed E-state index contributed by atoms with van der Waals surface area (Å²) < 4.78 is 0. The number of fused-ring (bicyclic) bond motifs is 1. The molecule has 110 valence electrons. The Kier molecular flexibility index (Phi) is 4.39. The van der Waals surface area contributed by atoms with Gasteiger partial charge in [-0.05, 0) is 42.7 Å². The third-order valence-electron chi connectivity index (χ3n) is 3.91. The van der Waals surface area contributed by atoms with Crippen LogP contribution in [0.25, 0.3) is 0 Å². The third kappa shape index (κ3) is 3.18. The summed E-state index contributed by atoms with van der Waals surface area (Å²) in [6.07, 6.45) is 1.35. The molecule has 0 fully saturated rings. The van der Waals surface area contributed by atoms with E-state index in [0.29, 0.717) is 11.6 Å². The first-order chi connectivity index (χ1) is 10.1. The highest BCUT2D eigenvalue weighted by Crippen LogP contribution is 2.34. The molecule has 3 rings (SSSR count). The van der Waals surface area contributed by atoms with Crippen molar-refractivity contribution in [2.45, 2.75) is 25.5 Å². The second-order valence-corrected chi connectivity index (χ2v) is 6.22. The molecular formula is C17H17Cl2NO. The second-order valence-electron chi connectivity index (χ2n) is 5.37. The van der Waals surface area contributed by atoms with Crippen molar-refractivity contribution < 1.29 is 5.11 Å². The largest absolute Gasteiger partial charge is 0.388 e. The van der Waals surface area contributed by atoms with E-state index >= 15 is 0 Å². The Balaban J connectivity index is 1.95. The summed E-state index contributed by atoms with van der Waals surface area (Å²) in [7, 11) is 0. The van der Waals surface area contributed by atoms with Crippen LogP contribution in [0.1, 0.15) is 30.1 Å². The lowest BCUT2D eigenvalue weighted by molar-refractivity contribution is 0.168. The van der Waals surface area contributed by atoms with Gasteiger partial charge in [0.2, 0.25) is 0 Å². The highest BCUT2D eigenvalue weighted by atomic mass is 35.5. The van der Waals surface area contributed by atoms with E-state index in [0.717, 1.165) is 41.2 Å². The van der Waals surface area contributed by atoms with Gasteiger partial charge in [0.1, 0.15) is 0 Å². The average Bonchev–Trinajstić information content (AvgIpc) is 2.64. The van der Waals surface area contributed by atoms with E-state index in [9.17, 15) is 5.11 Å². The van der Waals surface area contributed by atoms with Gasteiger partial charge in [-0.1, -0.05) is 41.4 Å². The molecule has 2 aromatic carbocycles. The monoisotopic (exact) mass is 321 g/mol. The van der Waals surface area contributed by atoms with Crippen molar-refractivity contribution in [1.29, 1.82) is 0 Å². The third-order valence-corrected chi connectivity index (χ3v) is 4.51. The molecule has 0 bridgehead atoms. The molecule has 1 N–H and O–H groups in total. The smallest absolute Gasteiger partial charge is 0.0810 e. The van der Waals surface area contributed by atoms with E-state index in [4.69, 9.17) is 23.2 Å². The van der Waals surface area contributed by atoms with Gasteiger partial charge in [-0.2, -0.15) is 0 Å². The Morgan fingerprint density at radius 1 is 1.14 bits per heavy atom. The van der Waals surface area contributed by atoms with Crippen LogP contribution in [0.4, 0.5) is 5.69 Å². The Morgan fingerprint density at radius 2 is 1.95 bits per heavy atom. The zero-order valence-electron chi connectivity index (χ0n) is 11.6. The number of aliphatic hydroxyl groups is 1. The second kappa shape index (κ2) is 6.27. The first-order valence-corrected chi connectivity index (χ1v) is 7.86. The first kappa shape index (κ1) is 14.7. The summed E-state index contributed by atoms with van der Waals surface area (Å²) >= 11 is 12.4. The van der Waals surface area contributed by atoms with Crippen molar-refractivity contribution in [3.63, 3.8) is 0 Å². The zero-order valence-corrected chi connectivity index (χ0v) is 13.1. The van der Waals surface area contributed by atoms with E-state index in [1.165, 1.54) is 0 Å². The molecule has 1 aliphatic rings. The van der Waals surface area contributed by atoms with Crippen molar-refractivity contribution in [3.05, 3.63) is 63.6 Å². The number of rotatable bonds is 2. The van der Waals surface area contributed by atoms with E-state index < -0.39 is 0 Å². The maximum Gasteiger partial charge on any atom is 0.0810 e. The number of aliphatic hydroxyl groups excluding tert-OH is 1. The lowest BCUT2D eigenvalue weighted by Crippen LogP contribution is -2.23. The van der Waals surface area contributed by atoms with Crippen LogP contribution in [0.3, 0.4) is 0 Å². The van der Waals surface area contributed by atoms with Gasteiger partial charge in [0, 0.05) is 34.4 Å². The average molecular weight is 322 g/mol. The molecule has 1 aliphatic heterocycles. The van der Waals surface area contributed by atoms with Crippen molar-refractivity contribution in [1.82, 2.24) is 0 Å². The van der Waals surface area contributed by atoms with Crippen molar-refractivity contribution in [3.8, 4) is 0 Å². The van der Waals surface area contributed by atoms with Crippen LogP contribution in [-0.2, 0) is 6.54 Å². The van der Waals surface area contributed by atoms with E-state index in [1.807, 2.05) is 30.3 Å². The normalized spacial score (nSPS) is 18.2. The maximum atomic E-state index is 10.3. The molecule has 21 heavy (non-hydrogen) atoms. The molecule has 1 heterocycles. The molecule has 1 unspecified atom stereocenters. The Labute approximate surface area is 134 Å². The van der Waals surface area contributed by atoms with Gasteiger partial charge < -0.3 is 10.0 Å². The topological polar surface area (TPSA) is 23.5 Å². The van der Waals surface area contributed by atoms with Crippen molar-refractivity contribution in [2.24, 2.45) is 0 Å². The zero-order chi connectivity index (χ0) is 14.8. The minimum absolute atomic E-state index is 0.388. The number of hydrogen-bond donors (Lipinski definition) is 1. The fraction of sp³-hybridized carbons (Fsp3) is 0.294. The lowest BCUT2D eigenvalue weighted by atomic mass is 10.0. The summed E-state index contributed by atoms with van der Waals surface area (Å²) in [5.41, 5.74) is 3.09. The summed E-state index contributed by atoms with van der Waals surface area (Å²) in [5.74, 6) is 0. The van der Waals surface area contributed by atoms with E-state index in [-0.39, 0.29) is 6.10 Å². The molecule has 0 radical (unpaired) electrons. The first-order valence-electron chi connectivity index (χ1n) is 7.11. The van der Waals surface area contributed by atoms with Crippen LogP contribution in [0.15, 0.2) is 42.5 Å². The maximum absolute atomic E-state index is 10.3. The molecule has 0 saturated carbocycles. The van der Waals surface area contributed by atoms with Crippen molar-refractivity contribution in [2.75, 3.05) is 11.4 Å². The Bertz CT molecular complexity index is 644. The van der Waals surface area contributed by atoms with Gasteiger partial charge in [0.05, 0.1) is 6.10 Å². The number of anilines is 1. The van der Waals surface area contributed by atoms with E-state index in [1.54, 1.807) is 6.07 Å². The fourth-order valence-corrected chi connectivity index (χ4v) is 3.22.